The predicted octanol–water partition coefficient (Wildman–Crippen LogP) is 6.14. The Morgan fingerprint density at radius 2 is 1.76 bits per heavy atom. The summed E-state index contributed by atoms with van der Waals surface area (Å²) in [5, 5.41) is 0. The van der Waals surface area contributed by atoms with Crippen LogP contribution in [0.5, 0.6) is 0 Å². The van der Waals surface area contributed by atoms with E-state index in [1.807, 2.05) is 0 Å². The molecule has 0 aliphatic carbocycles. The average molecular weight is 348 g/mol. The first-order valence-corrected chi connectivity index (χ1v) is 8.87. The Labute approximate surface area is 146 Å². The van der Waals surface area contributed by atoms with Crippen LogP contribution >= 0.6 is 0 Å². The zero-order valence-electron chi connectivity index (χ0n) is 14.6. The summed E-state index contributed by atoms with van der Waals surface area (Å²) in [5.74, 6) is -2.58. The van der Waals surface area contributed by atoms with E-state index in [1.165, 1.54) is 18.2 Å². The largest absolute Gasteiger partial charge is 0.378 e. The first-order valence-electron chi connectivity index (χ1n) is 8.87. The van der Waals surface area contributed by atoms with Gasteiger partial charge in [-0.1, -0.05) is 37.6 Å². The molecule has 1 aliphatic heterocycles. The van der Waals surface area contributed by atoms with Gasteiger partial charge < -0.3 is 4.74 Å². The van der Waals surface area contributed by atoms with Crippen molar-refractivity contribution in [3.05, 3.63) is 58.9 Å². The fourth-order valence-corrected chi connectivity index (χ4v) is 3.53. The molecule has 0 N–H and O–H groups in total. The molecule has 0 saturated carbocycles. The third-order valence-corrected chi connectivity index (χ3v) is 4.95. The lowest BCUT2D eigenvalue weighted by molar-refractivity contribution is -0.00181. The molecular formula is C21H23F3O. The fourth-order valence-electron chi connectivity index (χ4n) is 3.53. The first kappa shape index (κ1) is 18.0. The van der Waals surface area contributed by atoms with E-state index >= 15 is 0 Å². The molecule has 2 atom stereocenters. The molecular weight excluding hydrogens is 325 g/mol. The molecule has 2 aromatic carbocycles. The second-order valence-electron chi connectivity index (χ2n) is 6.83. The Morgan fingerprint density at radius 1 is 1.00 bits per heavy atom. The van der Waals surface area contributed by atoms with Crippen molar-refractivity contribution < 1.29 is 17.9 Å². The van der Waals surface area contributed by atoms with Crippen LogP contribution in [0.2, 0.25) is 0 Å². The summed E-state index contributed by atoms with van der Waals surface area (Å²) in [6.07, 6.45) is 3.90. The molecule has 25 heavy (non-hydrogen) atoms. The monoisotopic (exact) mass is 348 g/mol. The van der Waals surface area contributed by atoms with Gasteiger partial charge in [0.2, 0.25) is 0 Å². The highest BCUT2D eigenvalue weighted by atomic mass is 19.2. The summed E-state index contributed by atoms with van der Waals surface area (Å²) in [6, 6.07) is 7.54. The van der Waals surface area contributed by atoms with Gasteiger partial charge in [0.25, 0.3) is 0 Å². The van der Waals surface area contributed by atoms with Crippen molar-refractivity contribution in [1.29, 1.82) is 0 Å². The normalized spacial score (nSPS) is 20.7. The van der Waals surface area contributed by atoms with Gasteiger partial charge in [0.05, 0.1) is 12.7 Å². The summed E-state index contributed by atoms with van der Waals surface area (Å²) in [6.45, 7) is 4.26. The number of rotatable bonds is 4. The molecule has 2 aromatic rings. The molecule has 0 spiro atoms. The summed E-state index contributed by atoms with van der Waals surface area (Å²) in [7, 11) is 0. The van der Waals surface area contributed by atoms with E-state index in [0.29, 0.717) is 12.2 Å². The predicted molar refractivity (Wildman–Crippen MR) is 93.1 cm³/mol. The Kier molecular flexibility index (Phi) is 5.48. The SMILES string of the molecule is CCCC1CCC(c2ccc(-c3ccc(C)cc3F)c(F)c2F)CO1. The Balaban J connectivity index is 1.86. The highest BCUT2D eigenvalue weighted by molar-refractivity contribution is 5.66. The van der Waals surface area contributed by atoms with Crippen LogP contribution in [0.3, 0.4) is 0 Å². The molecule has 1 heterocycles. The molecule has 0 bridgehead atoms. The van der Waals surface area contributed by atoms with E-state index in [4.69, 9.17) is 4.74 Å². The van der Waals surface area contributed by atoms with Gasteiger partial charge in [-0.25, -0.2) is 13.2 Å². The molecule has 1 fully saturated rings. The maximum atomic E-state index is 14.6. The summed E-state index contributed by atoms with van der Waals surface area (Å²) < 4.78 is 49.1. The topological polar surface area (TPSA) is 9.23 Å². The lowest BCUT2D eigenvalue weighted by Gasteiger charge is -2.29. The number of halogens is 3. The zero-order chi connectivity index (χ0) is 18.0. The van der Waals surface area contributed by atoms with Gasteiger partial charge in [-0.2, -0.15) is 0 Å². The van der Waals surface area contributed by atoms with E-state index in [0.717, 1.165) is 31.2 Å². The molecule has 1 saturated heterocycles. The van der Waals surface area contributed by atoms with Gasteiger partial charge in [0.1, 0.15) is 5.82 Å². The van der Waals surface area contributed by atoms with E-state index in [1.54, 1.807) is 19.1 Å². The Hall–Kier alpha value is -1.81. The lowest BCUT2D eigenvalue weighted by atomic mass is 9.88. The molecule has 134 valence electrons. The fraction of sp³-hybridized carbons (Fsp3) is 0.429. The van der Waals surface area contributed by atoms with Crippen LogP contribution in [0, 0.1) is 24.4 Å². The number of aryl methyl sites for hydroxylation is 1. The highest BCUT2D eigenvalue weighted by Crippen LogP contribution is 2.35. The molecule has 0 amide bonds. The maximum absolute atomic E-state index is 14.6. The van der Waals surface area contributed by atoms with E-state index in [9.17, 15) is 13.2 Å². The molecule has 0 radical (unpaired) electrons. The quantitative estimate of drug-likeness (QED) is 0.645. The molecule has 1 nitrogen and oxygen atoms in total. The van der Waals surface area contributed by atoms with Crippen molar-refractivity contribution in [1.82, 2.24) is 0 Å². The summed E-state index contributed by atoms with van der Waals surface area (Å²) >= 11 is 0. The molecule has 1 aliphatic rings. The molecule has 0 aromatic heterocycles. The van der Waals surface area contributed by atoms with Crippen LogP contribution < -0.4 is 0 Å². The van der Waals surface area contributed by atoms with E-state index in [2.05, 4.69) is 6.92 Å². The first-order chi connectivity index (χ1) is 12.0. The summed E-state index contributed by atoms with van der Waals surface area (Å²) in [4.78, 5) is 0. The smallest absolute Gasteiger partial charge is 0.167 e. The molecule has 3 rings (SSSR count). The second kappa shape index (κ2) is 7.61. The highest BCUT2D eigenvalue weighted by Gasteiger charge is 2.27. The molecule has 4 heteroatoms. The van der Waals surface area contributed by atoms with Gasteiger partial charge in [-0.3, -0.25) is 0 Å². The van der Waals surface area contributed by atoms with Crippen molar-refractivity contribution in [2.75, 3.05) is 6.61 Å². The van der Waals surface area contributed by atoms with Crippen molar-refractivity contribution >= 4 is 0 Å². The van der Waals surface area contributed by atoms with Crippen molar-refractivity contribution in [3.8, 4) is 11.1 Å². The van der Waals surface area contributed by atoms with Crippen molar-refractivity contribution in [3.63, 3.8) is 0 Å². The van der Waals surface area contributed by atoms with Crippen LogP contribution in [0.15, 0.2) is 30.3 Å². The van der Waals surface area contributed by atoms with Crippen LogP contribution in [-0.4, -0.2) is 12.7 Å². The number of ether oxygens (including phenoxy) is 1. The van der Waals surface area contributed by atoms with Crippen molar-refractivity contribution in [2.24, 2.45) is 0 Å². The van der Waals surface area contributed by atoms with Gasteiger partial charge in [-0.05, 0) is 43.4 Å². The zero-order valence-corrected chi connectivity index (χ0v) is 14.6. The minimum atomic E-state index is -0.990. The number of benzene rings is 2. The number of hydrogen-bond acceptors (Lipinski definition) is 1. The van der Waals surface area contributed by atoms with Gasteiger partial charge >= 0.3 is 0 Å². The Bertz CT molecular complexity index is 749. The molecule has 2 unspecified atom stereocenters. The minimum absolute atomic E-state index is 0.0423. The third kappa shape index (κ3) is 3.74. The van der Waals surface area contributed by atoms with E-state index in [-0.39, 0.29) is 23.1 Å². The van der Waals surface area contributed by atoms with Gasteiger partial charge in [0.15, 0.2) is 11.6 Å². The van der Waals surface area contributed by atoms with Crippen molar-refractivity contribution in [2.45, 2.75) is 51.6 Å². The third-order valence-electron chi connectivity index (χ3n) is 4.95. The second-order valence-corrected chi connectivity index (χ2v) is 6.83. The Morgan fingerprint density at radius 3 is 2.40 bits per heavy atom. The van der Waals surface area contributed by atoms with Gasteiger partial charge in [-0.15, -0.1) is 0 Å². The van der Waals surface area contributed by atoms with E-state index < -0.39 is 17.5 Å². The minimum Gasteiger partial charge on any atom is -0.378 e. The van der Waals surface area contributed by atoms with Crippen LogP contribution in [0.25, 0.3) is 11.1 Å². The summed E-state index contributed by atoms with van der Waals surface area (Å²) in [5.41, 5.74) is 1.10. The van der Waals surface area contributed by atoms with Gasteiger partial charge in [0, 0.05) is 17.0 Å². The average Bonchev–Trinajstić information content (AvgIpc) is 2.59. The van der Waals surface area contributed by atoms with Crippen LogP contribution in [0.4, 0.5) is 13.2 Å². The maximum Gasteiger partial charge on any atom is 0.167 e. The lowest BCUT2D eigenvalue weighted by Crippen LogP contribution is -2.25. The van der Waals surface area contributed by atoms with Crippen LogP contribution in [-0.2, 0) is 4.74 Å². The standard InChI is InChI=1S/C21H23F3O/c1-3-4-15-7-6-14(12-25-15)16-9-10-18(21(24)20(16)23)17-8-5-13(2)11-19(17)22/h5,8-11,14-15H,3-4,6-7,12H2,1-2H3. The number of hydrogen-bond donors (Lipinski definition) is 0. The van der Waals surface area contributed by atoms with Crippen LogP contribution in [0.1, 0.15) is 49.7 Å².